The Balaban J connectivity index is 2.10. The lowest BCUT2D eigenvalue weighted by Crippen LogP contribution is -2.25. The Bertz CT molecular complexity index is 554. The minimum atomic E-state index is -3.40. The van der Waals surface area contributed by atoms with E-state index in [4.69, 9.17) is 0 Å². The Hall–Kier alpha value is -1.14. The fourth-order valence-electron chi connectivity index (χ4n) is 2.59. The fourth-order valence-corrected chi connectivity index (χ4v) is 3.44. The second-order valence-corrected chi connectivity index (χ2v) is 7.98. The number of hydrogen-bond acceptors (Lipinski definition) is 4. The summed E-state index contributed by atoms with van der Waals surface area (Å²) < 4.78 is 25.1. The van der Waals surface area contributed by atoms with Crippen LogP contribution in [0.15, 0.2) is 23.2 Å². The summed E-state index contributed by atoms with van der Waals surface area (Å²) in [5.41, 5.74) is 0. The second-order valence-electron chi connectivity index (χ2n) is 5.83. The molecule has 1 aromatic rings. The van der Waals surface area contributed by atoms with Gasteiger partial charge in [-0.2, -0.15) is 0 Å². The minimum absolute atomic E-state index is 0.223. The maximum Gasteiger partial charge on any atom is 0.244 e. The van der Waals surface area contributed by atoms with E-state index in [0.717, 1.165) is 18.2 Å². The van der Waals surface area contributed by atoms with Gasteiger partial charge < -0.3 is 5.32 Å². The molecule has 0 amide bonds. The van der Waals surface area contributed by atoms with Gasteiger partial charge in [-0.15, -0.1) is 0 Å². The highest BCUT2D eigenvalue weighted by molar-refractivity contribution is 7.89. The van der Waals surface area contributed by atoms with E-state index in [2.05, 4.69) is 24.1 Å². The Morgan fingerprint density at radius 2 is 1.95 bits per heavy atom. The van der Waals surface area contributed by atoms with Crippen LogP contribution in [-0.2, 0) is 10.0 Å². The van der Waals surface area contributed by atoms with Gasteiger partial charge in [0.25, 0.3) is 0 Å². The van der Waals surface area contributed by atoms with Crippen molar-refractivity contribution in [2.45, 2.75) is 37.6 Å². The van der Waals surface area contributed by atoms with Gasteiger partial charge >= 0.3 is 0 Å². The van der Waals surface area contributed by atoms with Crippen molar-refractivity contribution in [2.75, 3.05) is 19.4 Å². The van der Waals surface area contributed by atoms with Crippen molar-refractivity contribution in [1.29, 1.82) is 0 Å². The predicted octanol–water partition coefficient (Wildman–Crippen LogP) is 2.18. The van der Waals surface area contributed by atoms with Crippen molar-refractivity contribution in [3.05, 3.63) is 18.3 Å². The fraction of sp³-hybridized carbons (Fsp3) is 0.643. The summed E-state index contributed by atoms with van der Waals surface area (Å²) >= 11 is 0. The molecule has 0 saturated heterocycles. The quantitative estimate of drug-likeness (QED) is 0.925. The van der Waals surface area contributed by atoms with Crippen molar-refractivity contribution in [3.8, 4) is 0 Å². The highest BCUT2D eigenvalue weighted by Gasteiger charge is 2.29. The van der Waals surface area contributed by atoms with Gasteiger partial charge in [0, 0.05) is 26.3 Å². The highest BCUT2D eigenvalue weighted by Crippen LogP contribution is 2.32. The lowest BCUT2D eigenvalue weighted by molar-refractivity contribution is 0.435. The van der Waals surface area contributed by atoms with Crippen LogP contribution < -0.4 is 5.32 Å². The molecule has 2 rings (SSSR count). The summed E-state index contributed by atoms with van der Waals surface area (Å²) in [4.78, 5) is 4.46. The van der Waals surface area contributed by atoms with E-state index >= 15 is 0 Å². The number of sulfonamides is 1. The minimum Gasteiger partial charge on any atom is -0.367 e. The standard InChI is InChI=1S/C14H23N3O2S/c1-10-5-7-13(11(10)2)16-14-8-6-12(9-15-14)20(18,19)17(3)4/h6,8-11,13H,5,7H2,1-4H3,(H,15,16). The van der Waals surface area contributed by atoms with Crippen molar-refractivity contribution in [3.63, 3.8) is 0 Å². The molecule has 1 aliphatic rings. The zero-order valence-electron chi connectivity index (χ0n) is 12.5. The van der Waals surface area contributed by atoms with E-state index in [0.29, 0.717) is 12.0 Å². The summed E-state index contributed by atoms with van der Waals surface area (Å²) in [5.74, 6) is 2.08. The van der Waals surface area contributed by atoms with Gasteiger partial charge in [-0.3, -0.25) is 0 Å². The maximum absolute atomic E-state index is 11.9. The van der Waals surface area contributed by atoms with Gasteiger partial charge in [-0.25, -0.2) is 17.7 Å². The predicted molar refractivity (Wildman–Crippen MR) is 80.1 cm³/mol. The molecule has 0 bridgehead atoms. The molecular weight excluding hydrogens is 274 g/mol. The van der Waals surface area contributed by atoms with Crippen molar-refractivity contribution in [2.24, 2.45) is 11.8 Å². The van der Waals surface area contributed by atoms with Crippen LogP contribution in [0.4, 0.5) is 5.82 Å². The Kier molecular flexibility index (Phi) is 4.34. The zero-order valence-corrected chi connectivity index (χ0v) is 13.3. The molecule has 3 unspecified atom stereocenters. The molecule has 0 aromatic carbocycles. The van der Waals surface area contributed by atoms with Crippen molar-refractivity contribution < 1.29 is 8.42 Å². The van der Waals surface area contributed by atoms with Gasteiger partial charge in [0.05, 0.1) is 0 Å². The van der Waals surface area contributed by atoms with Crippen molar-refractivity contribution >= 4 is 15.8 Å². The summed E-state index contributed by atoms with van der Waals surface area (Å²) in [6.45, 7) is 4.52. The first-order chi connectivity index (χ1) is 9.32. The normalized spacial score (nSPS) is 26.9. The molecule has 1 saturated carbocycles. The van der Waals surface area contributed by atoms with Gasteiger partial charge in [0.1, 0.15) is 10.7 Å². The summed E-state index contributed by atoms with van der Waals surface area (Å²) in [6.07, 6.45) is 3.79. The molecule has 6 heteroatoms. The van der Waals surface area contributed by atoms with E-state index in [1.807, 2.05) is 0 Å². The van der Waals surface area contributed by atoms with Crippen LogP contribution in [0, 0.1) is 11.8 Å². The SMILES string of the molecule is CC1CCC(Nc2ccc(S(=O)(=O)N(C)C)cn2)C1C. The molecule has 1 fully saturated rings. The first-order valence-corrected chi connectivity index (χ1v) is 8.41. The molecule has 0 radical (unpaired) electrons. The molecule has 1 aromatic heterocycles. The van der Waals surface area contributed by atoms with Gasteiger partial charge in [-0.05, 0) is 36.8 Å². The molecule has 0 aliphatic heterocycles. The third-order valence-corrected chi connectivity index (χ3v) is 6.11. The largest absolute Gasteiger partial charge is 0.367 e. The van der Waals surface area contributed by atoms with E-state index in [1.165, 1.54) is 31.0 Å². The van der Waals surface area contributed by atoms with Gasteiger partial charge in [0.2, 0.25) is 10.0 Å². The first kappa shape index (κ1) is 15.3. The van der Waals surface area contributed by atoms with E-state index in [1.54, 1.807) is 12.1 Å². The monoisotopic (exact) mass is 297 g/mol. The van der Waals surface area contributed by atoms with Gasteiger partial charge in [-0.1, -0.05) is 13.8 Å². The van der Waals surface area contributed by atoms with E-state index in [9.17, 15) is 8.42 Å². The molecule has 5 nitrogen and oxygen atoms in total. The third-order valence-electron chi connectivity index (χ3n) is 4.31. The van der Waals surface area contributed by atoms with Crippen LogP contribution in [0.3, 0.4) is 0 Å². The number of aromatic nitrogens is 1. The zero-order chi connectivity index (χ0) is 14.9. The smallest absolute Gasteiger partial charge is 0.244 e. The number of nitrogens with one attached hydrogen (secondary N) is 1. The Morgan fingerprint density at radius 1 is 1.25 bits per heavy atom. The molecule has 1 N–H and O–H groups in total. The summed E-state index contributed by atoms with van der Waals surface area (Å²) in [5, 5.41) is 3.41. The Labute approximate surface area is 121 Å². The lowest BCUT2D eigenvalue weighted by atomic mass is 9.98. The summed E-state index contributed by atoms with van der Waals surface area (Å²) in [7, 11) is -0.363. The van der Waals surface area contributed by atoms with Gasteiger partial charge in [0.15, 0.2) is 0 Å². The molecular formula is C14H23N3O2S. The van der Waals surface area contributed by atoms with E-state index in [-0.39, 0.29) is 4.90 Å². The summed E-state index contributed by atoms with van der Waals surface area (Å²) in [6, 6.07) is 3.77. The average molecular weight is 297 g/mol. The van der Waals surface area contributed by atoms with Crippen LogP contribution in [0.25, 0.3) is 0 Å². The second kappa shape index (κ2) is 5.69. The first-order valence-electron chi connectivity index (χ1n) is 6.97. The molecule has 20 heavy (non-hydrogen) atoms. The maximum atomic E-state index is 11.9. The number of hydrogen-bond donors (Lipinski definition) is 1. The number of anilines is 1. The average Bonchev–Trinajstić information content (AvgIpc) is 2.71. The number of nitrogens with zero attached hydrogens (tertiary/aromatic N) is 2. The van der Waals surface area contributed by atoms with Crippen LogP contribution in [0.2, 0.25) is 0 Å². The van der Waals surface area contributed by atoms with Crippen LogP contribution in [0.1, 0.15) is 26.7 Å². The topological polar surface area (TPSA) is 62.3 Å². The van der Waals surface area contributed by atoms with Crippen LogP contribution >= 0.6 is 0 Å². The lowest BCUT2D eigenvalue weighted by Gasteiger charge is -2.20. The molecule has 1 heterocycles. The van der Waals surface area contributed by atoms with Crippen molar-refractivity contribution in [1.82, 2.24) is 9.29 Å². The van der Waals surface area contributed by atoms with E-state index < -0.39 is 10.0 Å². The third kappa shape index (κ3) is 2.96. The molecule has 112 valence electrons. The van der Waals surface area contributed by atoms with Crippen LogP contribution in [-0.4, -0.2) is 37.8 Å². The molecule has 3 atom stereocenters. The molecule has 1 aliphatic carbocycles. The highest BCUT2D eigenvalue weighted by atomic mass is 32.2. The number of rotatable bonds is 4. The molecule has 0 spiro atoms. The van der Waals surface area contributed by atoms with Crippen LogP contribution in [0.5, 0.6) is 0 Å². The Morgan fingerprint density at radius 3 is 2.40 bits per heavy atom. The number of pyridine rings is 1.